The molecule has 1 aromatic heterocycles. The number of hydrogen-bond donors (Lipinski definition) is 2. The van der Waals surface area contributed by atoms with Gasteiger partial charge in [0.1, 0.15) is 23.8 Å². The number of rotatable bonds is 9. The van der Waals surface area contributed by atoms with E-state index < -0.39 is 0 Å². The first-order chi connectivity index (χ1) is 16.2. The maximum Gasteiger partial charge on any atom is 0.289 e. The average molecular weight is 441 g/mol. The Kier molecular flexibility index (Phi) is 7.12. The largest absolute Gasteiger partial charge is 0.494 e. The Morgan fingerprint density at radius 3 is 2.55 bits per heavy atom. The van der Waals surface area contributed by atoms with Crippen molar-refractivity contribution >= 4 is 12.1 Å². The van der Waals surface area contributed by atoms with Gasteiger partial charge >= 0.3 is 0 Å². The molecule has 0 spiro atoms. The zero-order valence-corrected chi connectivity index (χ0v) is 18.2. The first-order valence-corrected chi connectivity index (χ1v) is 10.6. The van der Waals surface area contributed by atoms with Gasteiger partial charge in [-0.3, -0.25) is 9.89 Å². The van der Waals surface area contributed by atoms with Crippen LogP contribution in [0.25, 0.3) is 11.3 Å². The van der Waals surface area contributed by atoms with Gasteiger partial charge in [-0.2, -0.15) is 10.2 Å². The molecule has 33 heavy (non-hydrogen) atoms. The topological polar surface area (TPSA) is 88.6 Å². The lowest BCUT2D eigenvalue weighted by atomic mass is 10.1. The second-order valence-corrected chi connectivity index (χ2v) is 7.17. The normalized spacial score (nSPS) is 10.8. The van der Waals surface area contributed by atoms with E-state index in [4.69, 9.17) is 9.47 Å². The minimum Gasteiger partial charge on any atom is -0.494 e. The molecule has 1 amide bonds. The SMILES string of the molecule is CCOc1ccc(-c2cc(C(=O)N/N=C\c3cccc(COc4ccccc4)c3)[nH]n2)cc1. The molecule has 0 aliphatic heterocycles. The molecule has 7 nitrogen and oxygen atoms in total. The predicted molar refractivity (Wildman–Crippen MR) is 127 cm³/mol. The van der Waals surface area contributed by atoms with Crippen LogP contribution in [0.3, 0.4) is 0 Å². The molecule has 0 saturated carbocycles. The van der Waals surface area contributed by atoms with Crippen LogP contribution in [0.2, 0.25) is 0 Å². The molecule has 7 heteroatoms. The number of carbonyl (C=O) groups excluding carboxylic acids is 1. The van der Waals surface area contributed by atoms with Crippen LogP contribution in [0.1, 0.15) is 28.5 Å². The van der Waals surface area contributed by atoms with Gasteiger partial charge in [-0.25, -0.2) is 5.43 Å². The van der Waals surface area contributed by atoms with Crippen molar-refractivity contribution in [3.8, 4) is 22.8 Å². The molecule has 2 N–H and O–H groups in total. The van der Waals surface area contributed by atoms with E-state index in [1.54, 1.807) is 12.3 Å². The fourth-order valence-corrected chi connectivity index (χ4v) is 3.15. The van der Waals surface area contributed by atoms with Crippen molar-refractivity contribution in [2.24, 2.45) is 5.10 Å². The van der Waals surface area contributed by atoms with E-state index in [0.717, 1.165) is 28.2 Å². The van der Waals surface area contributed by atoms with Crippen LogP contribution in [-0.4, -0.2) is 28.9 Å². The van der Waals surface area contributed by atoms with E-state index in [-0.39, 0.29) is 5.91 Å². The molecule has 0 bridgehead atoms. The van der Waals surface area contributed by atoms with Crippen LogP contribution in [0.15, 0.2) is 90.0 Å². The number of amides is 1. The van der Waals surface area contributed by atoms with Gasteiger partial charge in [-0.05, 0) is 66.6 Å². The van der Waals surface area contributed by atoms with Gasteiger partial charge in [-0.1, -0.05) is 36.4 Å². The molecular formula is C26H24N4O3. The van der Waals surface area contributed by atoms with E-state index in [1.165, 1.54) is 0 Å². The third kappa shape index (κ3) is 6.07. The fourth-order valence-electron chi connectivity index (χ4n) is 3.15. The summed E-state index contributed by atoms with van der Waals surface area (Å²) in [5.74, 6) is 1.23. The summed E-state index contributed by atoms with van der Waals surface area (Å²) in [6, 6.07) is 26.6. The van der Waals surface area contributed by atoms with E-state index in [1.807, 2.05) is 85.8 Å². The second kappa shape index (κ2) is 10.8. The number of H-pyrrole nitrogens is 1. The van der Waals surface area contributed by atoms with Gasteiger partial charge in [0.2, 0.25) is 0 Å². The van der Waals surface area contributed by atoms with Crippen molar-refractivity contribution in [3.05, 3.63) is 102 Å². The Labute approximate surface area is 192 Å². The van der Waals surface area contributed by atoms with Gasteiger partial charge in [-0.15, -0.1) is 0 Å². The van der Waals surface area contributed by atoms with Crippen LogP contribution in [0.4, 0.5) is 0 Å². The smallest absolute Gasteiger partial charge is 0.289 e. The summed E-state index contributed by atoms with van der Waals surface area (Å²) in [6.45, 7) is 2.99. The monoisotopic (exact) mass is 440 g/mol. The number of para-hydroxylation sites is 1. The van der Waals surface area contributed by atoms with Crippen molar-refractivity contribution in [1.29, 1.82) is 0 Å². The highest BCUT2D eigenvalue weighted by Gasteiger charge is 2.10. The van der Waals surface area contributed by atoms with Gasteiger partial charge in [0.25, 0.3) is 5.91 Å². The summed E-state index contributed by atoms with van der Waals surface area (Å²) in [7, 11) is 0. The number of benzene rings is 3. The van der Waals surface area contributed by atoms with E-state index in [2.05, 4.69) is 20.7 Å². The van der Waals surface area contributed by atoms with E-state index in [0.29, 0.717) is 24.6 Å². The van der Waals surface area contributed by atoms with E-state index in [9.17, 15) is 4.79 Å². The summed E-state index contributed by atoms with van der Waals surface area (Å²) >= 11 is 0. The first-order valence-electron chi connectivity index (χ1n) is 10.6. The maximum atomic E-state index is 12.4. The molecule has 1 heterocycles. The van der Waals surface area contributed by atoms with Gasteiger partial charge < -0.3 is 9.47 Å². The molecule has 0 atom stereocenters. The maximum absolute atomic E-state index is 12.4. The Balaban J connectivity index is 1.33. The highest BCUT2D eigenvalue weighted by molar-refractivity contribution is 5.94. The summed E-state index contributed by atoms with van der Waals surface area (Å²) in [5, 5.41) is 11.0. The quantitative estimate of drug-likeness (QED) is 0.289. The third-order valence-corrected chi connectivity index (χ3v) is 4.76. The average Bonchev–Trinajstić information content (AvgIpc) is 3.35. The molecule has 4 rings (SSSR count). The van der Waals surface area contributed by atoms with Crippen molar-refractivity contribution in [1.82, 2.24) is 15.6 Å². The van der Waals surface area contributed by atoms with Crippen LogP contribution >= 0.6 is 0 Å². The molecule has 3 aromatic carbocycles. The lowest BCUT2D eigenvalue weighted by molar-refractivity contribution is 0.0950. The molecular weight excluding hydrogens is 416 g/mol. The zero-order valence-electron chi connectivity index (χ0n) is 18.2. The van der Waals surface area contributed by atoms with Gasteiger partial charge in [0.15, 0.2) is 0 Å². The van der Waals surface area contributed by atoms with Crippen LogP contribution in [-0.2, 0) is 6.61 Å². The Morgan fingerprint density at radius 2 is 1.76 bits per heavy atom. The Hall–Kier alpha value is -4.39. The fraction of sp³-hybridized carbons (Fsp3) is 0.115. The highest BCUT2D eigenvalue weighted by atomic mass is 16.5. The number of carbonyl (C=O) groups is 1. The number of ether oxygens (including phenoxy) is 2. The Bertz CT molecular complexity index is 1220. The van der Waals surface area contributed by atoms with Crippen molar-refractivity contribution in [3.63, 3.8) is 0 Å². The lowest BCUT2D eigenvalue weighted by Gasteiger charge is -2.06. The molecule has 0 radical (unpaired) electrons. The molecule has 0 aliphatic rings. The second-order valence-electron chi connectivity index (χ2n) is 7.17. The zero-order chi connectivity index (χ0) is 22.9. The van der Waals surface area contributed by atoms with Gasteiger partial charge in [0, 0.05) is 5.56 Å². The Morgan fingerprint density at radius 1 is 0.970 bits per heavy atom. The van der Waals surface area contributed by atoms with Crippen molar-refractivity contribution in [2.45, 2.75) is 13.5 Å². The number of hydrogen-bond acceptors (Lipinski definition) is 5. The number of hydrazone groups is 1. The van der Waals surface area contributed by atoms with Crippen molar-refractivity contribution in [2.75, 3.05) is 6.61 Å². The molecule has 166 valence electrons. The number of nitrogens with one attached hydrogen (secondary N) is 2. The number of aromatic amines is 1. The minimum atomic E-state index is -0.375. The molecule has 0 unspecified atom stereocenters. The van der Waals surface area contributed by atoms with Crippen LogP contribution in [0.5, 0.6) is 11.5 Å². The number of aromatic nitrogens is 2. The summed E-state index contributed by atoms with van der Waals surface area (Å²) < 4.78 is 11.2. The van der Waals surface area contributed by atoms with E-state index >= 15 is 0 Å². The summed E-state index contributed by atoms with van der Waals surface area (Å²) in [5.41, 5.74) is 6.24. The lowest BCUT2D eigenvalue weighted by Crippen LogP contribution is -2.18. The minimum absolute atomic E-state index is 0.320. The molecule has 0 aliphatic carbocycles. The van der Waals surface area contributed by atoms with Crippen LogP contribution in [0, 0.1) is 0 Å². The molecule has 0 saturated heterocycles. The highest BCUT2D eigenvalue weighted by Crippen LogP contribution is 2.21. The predicted octanol–water partition coefficient (Wildman–Crippen LogP) is 4.82. The summed E-state index contributed by atoms with van der Waals surface area (Å²) in [6.07, 6.45) is 1.59. The molecule has 0 fully saturated rings. The summed E-state index contributed by atoms with van der Waals surface area (Å²) in [4.78, 5) is 12.4. The standard InChI is InChI=1S/C26H24N4O3/c1-2-32-23-13-11-21(12-14-23)24-16-25(29-28-24)26(31)30-27-17-19-7-6-8-20(15-19)18-33-22-9-4-3-5-10-22/h3-17H,2,18H2,1H3,(H,28,29)(H,30,31)/b27-17-. The first kappa shape index (κ1) is 21.8. The number of nitrogens with zero attached hydrogens (tertiary/aromatic N) is 2. The third-order valence-electron chi connectivity index (χ3n) is 4.76. The molecule has 4 aromatic rings. The van der Waals surface area contributed by atoms with Crippen LogP contribution < -0.4 is 14.9 Å². The van der Waals surface area contributed by atoms with Crippen molar-refractivity contribution < 1.29 is 14.3 Å². The van der Waals surface area contributed by atoms with Gasteiger partial charge in [0.05, 0.1) is 18.5 Å².